The highest BCUT2D eigenvalue weighted by Crippen LogP contribution is 2.32. The van der Waals surface area contributed by atoms with Crippen LogP contribution >= 0.6 is 11.6 Å². The molecule has 0 aliphatic carbocycles. The minimum Gasteiger partial charge on any atom is -0.495 e. The second kappa shape index (κ2) is 4.86. The van der Waals surface area contributed by atoms with Crippen LogP contribution in [0.3, 0.4) is 0 Å². The van der Waals surface area contributed by atoms with E-state index in [1.54, 1.807) is 7.11 Å². The molecule has 2 N–H and O–H groups in total. The van der Waals surface area contributed by atoms with Gasteiger partial charge in [0.15, 0.2) is 0 Å². The minimum absolute atomic E-state index is 0.145. The van der Waals surface area contributed by atoms with Gasteiger partial charge in [-0.25, -0.2) is 0 Å². The van der Waals surface area contributed by atoms with Crippen molar-refractivity contribution in [3.8, 4) is 5.75 Å². The fourth-order valence-electron chi connectivity index (χ4n) is 1.74. The van der Waals surface area contributed by atoms with Gasteiger partial charge in [-0.1, -0.05) is 11.6 Å². The molecule has 1 aromatic rings. The van der Waals surface area contributed by atoms with Gasteiger partial charge in [-0.2, -0.15) is 0 Å². The van der Waals surface area contributed by atoms with Gasteiger partial charge in [-0.3, -0.25) is 0 Å². The highest BCUT2D eigenvalue weighted by atomic mass is 35.5. The molecule has 84 valence electrons. The largest absolute Gasteiger partial charge is 0.495 e. The summed E-state index contributed by atoms with van der Waals surface area (Å²) in [7, 11) is 1.63. The summed E-state index contributed by atoms with van der Waals surface area (Å²) in [4.78, 5) is 0. The van der Waals surface area contributed by atoms with E-state index < -0.39 is 0 Å². The molecule has 0 fully saturated rings. The van der Waals surface area contributed by atoms with Gasteiger partial charge in [0, 0.05) is 6.04 Å². The van der Waals surface area contributed by atoms with E-state index in [4.69, 9.17) is 22.1 Å². The molecule has 15 heavy (non-hydrogen) atoms. The highest BCUT2D eigenvalue weighted by molar-refractivity contribution is 6.33. The normalized spacial score (nSPS) is 12.7. The van der Waals surface area contributed by atoms with E-state index in [-0.39, 0.29) is 6.04 Å². The lowest BCUT2D eigenvalue weighted by Crippen LogP contribution is -2.19. The summed E-state index contributed by atoms with van der Waals surface area (Å²) in [5.41, 5.74) is 9.30. The van der Waals surface area contributed by atoms with Crippen LogP contribution in [0.2, 0.25) is 5.02 Å². The average Bonchev–Trinajstić information content (AvgIpc) is 2.18. The van der Waals surface area contributed by atoms with Crippen LogP contribution in [0.4, 0.5) is 0 Å². The Labute approximate surface area is 96.4 Å². The van der Waals surface area contributed by atoms with Crippen molar-refractivity contribution >= 4 is 11.6 Å². The van der Waals surface area contributed by atoms with Gasteiger partial charge >= 0.3 is 0 Å². The smallest absolute Gasteiger partial charge is 0.138 e. The van der Waals surface area contributed by atoms with Gasteiger partial charge in [0.25, 0.3) is 0 Å². The average molecular weight is 228 g/mol. The van der Waals surface area contributed by atoms with Gasteiger partial charge in [0.05, 0.1) is 12.1 Å². The number of nitrogens with two attached hydrogens (primary N) is 1. The minimum atomic E-state index is 0.145. The first kappa shape index (κ1) is 12.3. The molecule has 0 bridgehead atoms. The van der Waals surface area contributed by atoms with Gasteiger partial charge in [0.2, 0.25) is 0 Å². The number of ether oxygens (including phenoxy) is 1. The topological polar surface area (TPSA) is 35.2 Å². The van der Waals surface area contributed by atoms with E-state index >= 15 is 0 Å². The van der Waals surface area contributed by atoms with Crippen molar-refractivity contribution in [2.75, 3.05) is 7.11 Å². The van der Waals surface area contributed by atoms with Crippen molar-refractivity contribution in [3.63, 3.8) is 0 Å². The quantitative estimate of drug-likeness (QED) is 0.862. The zero-order valence-corrected chi connectivity index (χ0v) is 10.5. The third-order valence-electron chi connectivity index (χ3n) is 2.57. The van der Waals surface area contributed by atoms with Crippen molar-refractivity contribution < 1.29 is 4.74 Å². The number of hydrogen-bond acceptors (Lipinski definition) is 2. The molecule has 0 saturated carbocycles. The molecule has 0 aromatic heterocycles. The molecule has 0 amide bonds. The zero-order chi connectivity index (χ0) is 11.6. The van der Waals surface area contributed by atoms with Gasteiger partial charge in [-0.05, 0) is 49.9 Å². The van der Waals surface area contributed by atoms with E-state index in [1.165, 1.54) is 11.1 Å². The molecule has 0 heterocycles. The lowest BCUT2D eigenvalue weighted by atomic mass is 9.97. The SMILES string of the molecule is COc1cc(C)c(CC(C)N)c(C)c1Cl. The lowest BCUT2D eigenvalue weighted by molar-refractivity contribution is 0.414. The first-order valence-corrected chi connectivity index (χ1v) is 5.43. The molecular formula is C12H18ClNO. The summed E-state index contributed by atoms with van der Waals surface area (Å²) in [6.07, 6.45) is 0.849. The highest BCUT2D eigenvalue weighted by Gasteiger charge is 2.12. The van der Waals surface area contributed by atoms with Crippen molar-refractivity contribution in [3.05, 3.63) is 27.8 Å². The number of benzene rings is 1. The molecule has 2 nitrogen and oxygen atoms in total. The number of hydrogen-bond donors (Lipinski definition) is 1. The summed E-state index contributed by atoms with van der Waals surface area (Å²) < 4.78 is 5.20. The third-order valence-corrected chi connectivity index (χ3v) is 3.04. The molecule has 1 rings (SSSR count). The van der Waals surface area contributed by atoms with E-state index in [0.717, 1.165) is 17.7 Å². The Morgan fingerprint density at radius 2 is 2.07 bits per heavy atom. The summed E-state index contributed by atoms with van der Waals surface area (Å²) in [6, 6.07) is 2.11. The molecule has 0 aliphatic heterocycles. The molecule has 0 saturated heterocycles. The van der Waals surface area contributed by atoms with Crippen LogP contribution in [0.25, 0.3) is 0 Å². The number of halogens is 1. The Balaban J connectivity index is 3.23. The van der Waals surface area contributed by atoms with Crippen molar-refractivity contribution in [2.24, 2.45) is 5.73 Å². The Morgan fingerprint density at radius 1 is 1.47 bits per heavy atom. The maximum Gasteiger partial charge on any atom is 0.138 e. The third kappa shape index (κ3) is 2.64. The van der Waals surface area contributed by atoms with Crippen LogP contribution < -0.4 is 10.5 Å². The Kier molecular flexibility index (Phi) is 4.00. The second-order valence-corrected chi connectivity index (χ2v) is 4.37. The number of aryl methyl sites for hydroxylation is 1. The first-order valence-electron chi connectivity index (χ1n) is 5.05. The van der Waals surface area contributed by atoms with E-state index in [2.05, 4.69) is 6.92 Å². The molecule has 1 atom stereocenters. The fourth-order valence-corrected chi connectivity index (χ4v) is 1.99. The van der Waals surface area contributed by atoms with Crippen LogP contribution in [-0.2, 0) is 6.42 Å². The lowest BCUT2D eigenvalue weighted by Gasteiger charge is -2.16. The summed E-state index contributed by atoms with van der Waals surface area (Å²) >= 11 is 6.19. The summed E-state index contributed by atoms with van der Waals surface area (Å²) in [5.74, 6) is 0.736. The predicted octanol–water partition coefficient (Wildman–Crippen LogP) is 2.86. The molecule has 0 aliphatic rings. The van der Waals surface area contributed by atoms with Gasteiger partial charge < -0.3 is 10.5 Å². The van der Waals surface area contributed by atoms with Gasteiger partial charge in [0.1, 0.15) is 5.75 Å². The van der Waals surface area contributed by atoms with Crippen molar-refractivity contribution in [1.29, 1.82) is 0 Å². The fraction of sp³-hybridized carbons (Fsp3) is 0.500. The second-order valence-electron chi connectivity index (χ2n) is 3.99. The van der Waals surface area contributed by atoms with Gasteiger partial charge in [-0.15, -0.1) is 0 Å². The Morgan fingerprint density at radius 3 is 2.53 bits per heavy atom. The first-order chi connectivity index (χ1) is 6.97. The van der Waals surface area contributed by atoms with Crippen LogP contribution in [0.1, 0.15) is 23.6 Å². The maximum atomic E-state index is 6.19. The van der Waals surface area contributed by atoms with Crippen molar-refractivity contribution in [1.82, 2.24) is 0 Å². The molecule has 0 radical (unpaired) electrons. The standard InChI is InChI=1S/C12H18ClNO/c1-7-5-11(15-4)12(13)9(3)10(7)6-8(2)14/h5,8H,6,14H2,1-4H3. The molecule has 0 spiro atoms. The summed E-state index contributed by atoms with van der Waals surface area (Å²) in [6.45, 7) is 6.07. The molecule has 1 aromatic carbocycles. The maximum absolute atomic E-state index is 6.19. The number of methoxy groups -OCH3 is 1. The molecule has 1 unspecified atom stereocenters. The van der Waals surface area contributed by atoms with E-state index in [1.807, 2.05) is 19.9 Å². The Hall–Kier alpha value is -0.730. The zero-order valence-electron chi connectivity index (χ0n) is 9.73. The van der Waals surface area contributed by atoms with E-state index in [9.17, 15) is 0 Å². The van der Waals surface area contributed by atoms with Crippen LogP contribution in [-0.4, -0.2) is 13.2 Å². The molecular weight excluding hydrogens is 210 g/mol. The van der Waals surface area contributed by atoms with Crippen molar-refractivity contribution in [2.45, 2.75) is 33.2 Å². The monoisotopic (exact) mass is 227 g/mol. The molecule has 3 heteroatoms. The van der Waals surface area contributed by atoms with Crippen LogP contribution in [0, 0.1) is 13.8 Å². The van der Waals surface area contributed by atoms with E-state index in [0.29, 0.717) is 5.02 Å². The van der Waals surface area contributed by atoms with Crippen LogP contribution in [0.5, 0.6) is 5.75 Å². The van der Waals surface area contributed by atoms with Crippen LogP contribution in [0.15, 0.2) is 6.07 Å². The predicted molar refractivity (Wildman–Crippen MR) is 64.8 cm³/mol. The number of rotatable bonds is 3. The Bertz CT molecular complexity index is 361. The summed E-state index contributed by atoms with van der Waals surface area (Å²) in [5, 5.41) is 0.693.